The quantitative estimate of drug-likeness (QED) is 0.679. The van der Waals surface area contributed by atoms with Gasteiger partial charge in [0, 0.05) is 13.0 Å². The molecule has 0 aromatic carbocycles. The normalized spacial score (nSPS) is 10.9. The number of hydrogen-bond acceptors (Lipinski definition) is 3. The number of nitrogens with two attached hydrogens (primary N) is 1. The van der Waals surface area contributed by atoms with Crippen molar-refractivity contribution in [2.45, 2.75) is 52.1 Å². The second-order valence-corrected chi connectivity index (χ2v) is 4.71. The van der Waals surface area contributed by atoms with Gasteiger partial charge >= 0.3 is 6.09 Å². The molecule has 0 aromatic rings. The Morgan fingerprint density at radius 2 is 1.81 bits per heavy atom. The summed E-state index contributed by atoms with van der Waals surface area (Å²) in [7, 11) is 0. The summed E-state index contributed by atoms with van der Waals surface area (Å²) < 4.78 is 5.06. The summed E-state index contributed by atoms with van der Waals surface area (Å²) in [5.74, 6) is -0.278. The number of unbranched alkanes of at least 4 members (excludes halogenated alkanes) is 2. The molecule has 16 heavy (non-hydrogen) atoms. The lowest BCUT2D eigenvalue weighted by Crippen LogP contribution is -2.33. The van der Waals surface area contributed by atoms with Gasteiger partial charge in [0.15, 0.2) is 0 Å². The van der Waals surface area contributed by atoms with E-state index in [1.54, 1.807) is 0 Å². The Labute approximate surface area is 96.7 Å². The highest BCUT2D eigenvalue weighted by Crippen LogP contribution is 2.06. The van der Waals surface area contributed by atoms with Gasteiger partial charge in [-0.1, -0.05) is 6.42 Å². The summed E-state index contributed by atoms with van der Waals surface area (Å²) in [5, 5.41) is 2.65. The zero-order chi connectivity index (χ0) is 12.6. The van der Waals surface area contributed by atoms with E-state index < -0.39 is 11.7 Å². The number of carbonyl (C=O) groups excluding carboxylic acids is 2. The average Bonchev–Trinajstić information content (AvgIpc) is 2.07. The molecule has 0 atom stereocenters. The van der Waals surface area contributed by atoms with Crippen molar-refractivity contribution in [3.8, 4) is 0 Å². The van der Waals surface area contributed by atoms with Gasteiger partial charge in [-0.05, 0) is 33.6 Å². The number of carbonyl (C=O) groups is 2. The van der Waals surface area contributed by atoms with Gasteiger partial charge in [0.25, 0.3) is 0 Å². The van der Waals surface area contributed by atoms with E-state index in [-0.39, 0.29) is 5.91 Å². The van der Waals surface area contributed by atoms with Gasteiger partial charge in [-0.15, -0.1) is 0 Å². The smallest absolute Gasteiger partial charge is 0.407 e. The first-order chi connectivity index (χ1) is 7.31. The third kappa shape index (κ3) is 10.8. The second-order valence-electron chi connectivity index (χ2n) is 4.71. The minimum atomic E-state index is -0.462. The maximum Gasteiger partial charge on any atom is 0.407 e. The summed E-state index contributed by atoms with van der Waals surface area (Å²) in [5.41, 5.74) is 4.53. The van der Waals surface area contributed by atoms with Crippen LogP contribution in [0.3, 0.4) is 0 Å². The van der Waals surface area contributed by atoms with Crippen LogP contribution in [-0.2, 0) is 9.53 Å². The number of hydrogen-bond donors (Lipinski definition) is 2. The van der Waals surface area contributed by atoms with Crippen LogP contribution in [0.1, 0.15) is 46.5 Å². The van der Waals surface area contributed by atoms with Crippen LogP contribution in [-0.4, -0.2) is 24.1 Å². The predicted molar refractivity (Wildman–Crippen MR) is 61.9 cm³/mol. The number of ether oxygens (including phenoxy) is 1. The first-order valence-electron chi connectivity index (χ1n) is 5.56. The second kappa shape index (κ2) is 7.09. The van der Waals surface area contributed by atoms with E-state index in [9.17, 15) is 9.59 Å². The third-order valence-corrected chi connectivity index (χ3v) is 1.77. The lowest BCUT2D eigenvalue weighted by molar-refractivity contribution is -0.118. The average molecular weight is 230 g/mol. The molecule has 0 aliphatic heterocycles. The minimum Gasteiger partial charge on any atom is -0.444 e. The predicted octanol–water partition coefficient (Wildman–Crippen LogP) is 1.56. The molecule has 0 saturated carbocycles. The summed E-state index contributed by atoms with van der Waals surface area (Å²) in [6, 6.07) is 0. The first kappa shape index (κ1) is 14.7. The monoisotopic (exact) mass is 230 g/mol. The van der Waals surface area contributed by atoms with E-state index in [2.05, 4.69) is 5.32 Å². The maximum absolute atomic E-state index is 11.2. The minimum absolute atomic E-state index is 0.278. The molecule has 0 unspecified atom stereocenters. The third-order valence-electron chi connectivity index (χ3n) is 1.77. The number of alkyl carbamates (subject to hydrolysis) is 1. The molecule has 94 valence electrons. The standard InChI is InChI=1S/C11H22N2O3/c1-11(2,3)16-10(15)13-8-6-4-5-7-9(12)14/h4-8H2,1-3H3,(H2,12,14)(H,13,15). The fourth-order valence-electron chi connectivity index (χ4n) is 1.11. The van der Waals surface area contributed by atoms with Gasteiger partial charge in [-0.3, -0.25) is 4.79 Å². The molecular formula is C11H22N2O3. The molecule has 2 amide bonds. The van der Waals surface area contributed by atoms with Crippen LogP contribution >= 0.6 is 0 Å². The molecule has 0 fully saturated rings. The molecule has 0 aliphatic rings. The zero-order valence-electron chi connectivity index (χ0n) is 10.3. The van der Waals surface area contributed by atoms with Crippen LogP contribution in [0.4, 0.5) is 4.79 Å². The lowest BCUT2D eigenvalue weighted by Gasteiger charge is -2.19. The summed E-state index contributed by atoms with van der Waals surface area (Å²) in [4.78, 5) is 21.6. The Morgan fingerprint density at radius 1 is 1.19 bits per heavy atom. The highest BCUT2D eigenvalue weighted by Gasteiger charge is 2.15. The van der Waals surface area contributed by atoms with Gasteiger partial charge in [-0.2, -0.15) is 0 Å². The molecule has 0 spiro atoms. The highest BCUT2D eigenvalue weighted by molar-refractivity contribution is 5.73. The van der Waals surface area contributed by atoms with Crippen molar-refractivity contribution in [3.63, 3.8) is 0 Å². The van der Waals surface area contributed by atoms with Crippen molar-refractivity contribution in [2.24, 2.45) is 5.73 Å². The van der Waals surface area contributed by atoms with Crippen LogP contribution in [0.15, 0.2) is 0 Å². The largest absolute Gasteiger partial charge is 0.444 e. The van der Waals surface area contributed by atoms with Gasteiger partial charge < -0.3 is 15.8 Å². The van der Waals surface area contributed by atoms with E-state index in [0.717, 1.165) is 19.3 Å². The molecule has 3 N–H and O–H groups in total. The van der Waals surface area contributed by atoms with Crippen molar-refractivity contribution in [1.82, 2.24) is 5.32 Å². The summed E-state index contributed by atoms with van der Waals surface area (Å²) in [6.45, 7) is 6.02. The Morgan fingerprint density at radius 3 is 2.31 bits per heavy atom. The van der Waals surface area contributed by atoms with E-state index >= 15 is 0 Å². The first-order valence-corrected chi connectivity index (χ1v) is 5.56. The molecule has 0 heterocycles. The van der Waals surface area contributed by atoms with E-state index in [1.807, 2.05) is 20.8 Å². The van der Waals surface area contributed by atoms with Gasteiger partial charge in [0.2, 0.25) is 5.91 Å². The van der Waals surface area contributed by atoms with Crippen LogP contribution in [0.5, 0.6) is 0 Å². The van der Waals surface area contributed by atoms with E-state index in [1.165, 1.54) is 0 Å². The lowest BCUT2D eigenvalue weighted by atomic mass is 10.2. The Hall–Kier alpha value is -1.26. The fourth-order valence-corrected chi connectivity index (χ4v) is 1.11. The number of nitrogens with one attached hydrogen (secondary N) is 1. The van der Waals surface area contributed by atoms with Crippen LogP contribution in [0.2, 0.25) is 0 Å². The van der Waals surface area contributed by atoms with Crippen molar-refractivity contribution in [1.29, 1.82) is 0 Å². The van der Waals surface area contributed by atoms with Gasteiger partial charge in [-0.25, -0.2) is 4.79 Å². The van der Waals surface area contributed by atoms with Crippen LogP contribution in [0.25, 0.3) is 0 Å². The molecular weight excluding hydrogens is 208 g/mol. The molecule has 0 aromatic heterocycles. The van der Waals surface area contributed by atoms with Crippen molar-refractivity contribution in [2.75, 3.05) is 6.54 Å². The molecule has 5 nitrogen and oxygen atoms in total. The number of primary amides is 1. The van der Waals surface area contributed by atoms with Gasteiger partial charge in [0.1, 0.15) is 5.60 Å². The summed E-state index contributed by atoms with van der Waals surface area (Å²) in [6.07, 6.45) is 2.48. The summed E-state index contributed by atoms with van der Waals surface area (Å²) >= 11 is 0. The molecule has 0 radical (unpaired) electrons. The fraction of sp³-hybridized carbons (Fsp3) is 0.818. The molecule has 0 bridgehead atoms. The molecule has 0 rings (SSSR count). The van der Waals surface area contributed by atoms with E-state index in [4.69, 9.17) is 10.5 Å². The number of amides is 2. The molecule has 0 aliphatic carbocycles. The van der Waals surface area contributed by atoms with E-state index in [0.29, 0.717) is 13.0 Å². The van der Waals surface area contributed by atoms with Crippen molar-refractivity contribution in [3.05, 3.63) is 0 Å². The zero-order valence-corrected chi connectivity index (χ0v) is 10.3. The van der Waals surface area contributed by atoms with Crippen LogP contribution in [0, 0.1) is 0 Å². The maximum atomic E-state index is 11.2. The Kier molecular flexibility index (Phi) is 6.53. The topological polar surface area (TPSA) is 81.4 Å². The molecule has 5 heteroatoms. The van der Waals surface area contributed by atoms with Crippen LogP contribution < -0.4 is 11.1 Å². The number of rotatable bonds is 6. The van der Waals surface area contributed by atoms with Crippen molar-refractivity contribution >= 4 is 12.0 Å². The Bertz CT molecular complexity index is 234. The Balaban J connectivity index is 3.38. The highest BCUT2D eigenvalue weighted by atomic mass is 16.6. The van der Waals surface area contributed by atoms with Gasteiger partial charge in [0.05, 0.1) is 0 Å². The SMILES string of the molecule is CC(C)(C)OC(=O)NCCCCCC(N)=O. The molecule has 0 saturated heterocycles. The van der Waals surface area contributed by atoms with Crippen molar-refractivity contribution < 1.29 is 14.3 Å².